The lowest BCUT2D eigenvalue weighted by atomic mass is 10.3. The Morgan fingerprint density at radius 1 is 1.37 bits per heavy atom. The van der Waals surface area contributed by atoms with Crippen LogP contribution in [0.25, 0.3) is 0 Å². The number of anilines is 1. The summed E-state index contributed by atoms with van der Waals surface area (Å²) >= 11 is 0. The average molecular weight is 284 g/mol. The second-order valence-corrected chi connectivity index (χ2v) is 6.57. The molecule has 1 N–H and O–H groups in total. The minimum atomic E-state index is -2.99. The van der Waals surface area contributed by atoms with Crippen molar-refractivity contribution >= 4 is 21.6 Å². The Hall–Kier alpha value is -1.70. The van der Waals surface area contributed by atoms with E-state index in [2.05, 4.69) is 15.3 Å². The Balaban J connectivity index is 2.09. The molecule has 0 spiro atoms. The van der Waals surface area contributed by atoms with Crippen LogP contribution in [0, 0.1) is 0 Å². The van der Waals surface area contributed by atoms with E-state index in [0.29, 0.717) is 12.4 Å². The van der Waals surface area contributed by atoms with Gasteiger partial charge in [0.2, 0.25) is 0 Å². The molecule has 0 radical (unpaired) electrons. The van der Waals surface area contributed by atoms with Gasteiger partial charge in [-0.15, -0.1) is 0 Å². The Bertz CT molecular complexity index is 559. The Morgan fingerprint density at radius 3 is 2.68 bits per heavy atom. The quantitative estimate of drug-likeness (QED) is 0.825. The maximum absolute atomic E-state index is 12.2. The maximum Gasteiger partial charge on any atom is 0.274 e. The summed E-state index contributed by atoms with van der Waals surface area (Å²) in [6.45, 7) is 3.04. The van der Waals surface area contributed by atoms with E-state index in [1.165, 1.54) is 11.1 Å². The topological polar surface area (TPSA) is 92.3 Å². The molecule has 0 aliphatic carbocycles. The molecule has 0 saturated carbocycles. The van der Waals surface area contributed by atoms with Crippen LogP contribution in [-0.2, 0) is 9.84 Å². The maximum atomic E-state index is 12.2. The number of carbonyl (C=O) groups is 1. The van der Waals surface area contributed by atoms with Crippen molar-refractivity contribution in [3.8, 4) is 0 Å². The van der Waals surface area contributed by atoms with E-state index < -0.39 is 9.84 Å². The second-order valence-electron chi connectivity index (χ2n) is 4.26. The van der Waals surface area contributed by atoms with Crippen molar-refractivity contribution < 1.29 is 13.2 Å². The molecule has 0 atom stereocenters. The van der Waals surface area contributed by atoms with E-state index in [0.717, 1.165) is 0 Å². The average Bonchev–Trinajstić information content (AvgIpc) is 2.39. The summed E-state index contributed by atoms with van der Waals surface area (Å²) in [5.41, 5.74) is 0.234. The van der Waals surface area contributed by atoms with Crippen LogP contribution >= 0.6 is 0 Å². The van der Waals surface area contributed by atoms with Gasteiger partial charge in [0, 0.05) is 19.6 Å². The van der Waals surface area contributed by atoms with Crippen molar-refractivity contribution in [2.45, 2.75) is 6.92 Å². The van der Waals surface area contributed by atoms with E-state index in [9.17, 15) is 13.2 Å². The van der Waals surface area contributed by atoms with E-state index in [1.54, 1.807) is 6.20 Å². The zero-order valence-electron chi connectivity index (χ0n) is 10.7. The van der Waals surface area contributed by atoms with Crippen LogP contribution in [0.15, 0.2) is 12.4 Å². The number of nitrogens with one attached hydrogen (secondary N) is 1. The van der Waals surface area contributed by atoms with E-state index in [4.69, 9.17) is 0 Å². The molecule has 2 heterocycles. The highest BCUT2D eigenvalue weighted by Crippen LogP contribution is 2.09. The van der Waals surface area contributed by atoms with Gasteiger partial charge in [0.05, 0.1) is 23.9 Å². The van der Waals surface area contributed by atoms with Crippen LogP contribution in [0.1, 0.15) is 17.4 Å². The first-order valence-corrected chi connectivity index (χ1v) is 7.89. The van der Waals surface area contributed by atoms with Crippen LogP contribution in [0.4, 0.5) is 5.82 Å². The summed E-state index contributed by atoms with van der Waals surface area (Å²) in [5.74, 6) is 0.290. The molecule has 0 unspecified atom stereocenters. The number of rotatable bonds is 3. The standard InChI is InChI=1S/C11H16N4O3S/c1-2-13-10-8-12-7-9(14-10)11(16)15-3-5-19(17,18)6-4-15/h7-8H,2-6H2,1H3,(H,13,14). The molecule has 1 aromatic heterocycles. The molecular formula is C11H16N4O3S. The fourth-order valence-corrected chi connectivity index (χ4v) is 3.01. The van der Waals surface area contributed by atoms with E-state index >= 15 is 0 Å². The van der Waals surface area contributed by atoms with Crippen LogP contribution in [0.3, 0.4) is 0 Å². The largest absolute Gasteiger partial charge is 0.369 e. The third kappa shape index (κ3) is 3.40. The molecule has 8 heteroatoms. The van der Waals surface area contributed by atoms with Gasteiger partial charge in [0.25, 0.3) is 5.91 Å². The number of carbonyl (C=O) groups excluding carboxylic acids is 1. The predicted octanol–water partition coefficient (Wildman–Crippen LogP) is -0.221. The summed E-state index contributed by atoms with van der Waals surface area (Å²) in [5, 5.41) is 2.98. The van der Waals surface area contributed by atoms with Gasteiger partial charge >= 0.3 is 0 Å². The van der Waals surface area contributed by atoms with Gasteiger partial charge < -0.3 is 10.2 Å². The highest BCUT2D eigenvalue weighted by Gasteiger charge is 2.26. The molecule has 19 heavy (non-hydrogen) atoms. The summed E-state index contributed by atoms with van der Waals surface area (Å²) in [4.78, 5) is 21.8. The number of aromatic nitrogens is 2. The van der Waals surface area contributed by atoms with Crippen LogP contribution < -0.4 is 5.32 Å². The summed E-state index contributed by atoms with van der Waals surface area (Å²) in [6.07, 6.45) is 2.94. The molecule has 7 nitrogen and oxygen atoms in total. The zero-order chi connectivity index (χ0) is 13.9. The van der Waals surface area contributed by atoms with Crippen LogP contribution in [-0.4, -0.2) is 60.3 Å². The van der Waals surface area contributed by atoms with Crippen molar-refractivity contribution in [1.82, 2.24) is 14.9 Å². The predicted molar refractivity (Wildman–Crippen MR) is 70.8 cm³/mol. The van der Waals surface area contributed by atoms with Crippen LogP contribution in [0.2, 0.25) is 0 Å². The number of hydrogen-bond donors (Lipinski definition) is 1. The molecular weight excluding hydrogens is 268 g/mol. The molecule has 1 amide bonds. The molecule has 1 aromatic rings. The van der Waals surface area contributed by atoms with Gasteiger partial charge in [-0.05, 0) is 6.92 Å². The number of amides is 1. The normalized spacial score (nSPS) is 18.1. The molecule has 0 bridgehead atoms. The van der Waals surface area contributed by atoms with Gasteiger partial charge in [0.1, 0.15) is 11.5 Å². The van der Waals surface area contributed by atoms with E-state index in [-0.39, 0.29) is 36.2 Å². The molecule has 1 aliphatic rings. The van der Waals surface area contributed by atoms with Crippen molar-refractivity contribution in [1.29, 1.82) is 0 Å². The van der Waals surface area contributed by atoms with Crippen molar-refractivity contribution in [3.63, 3.8) is 0 Å². The fourth-order valence-electron chi connectivity index (χ4n) is 1.81. The van der Waals surface area contributed by atoms with Crippen molar-refractivity contribution in [2.75, 3.05) is 36.5 Å². The SMILES string of the molecule is CCNc1cncc(C(=O)N2CCS(=O)(=O)CC2)n1. The molecule has 1 saturated heterocycles. The molecule has 2 rings (SSSR count). The highest BCUT2D eigenvalue weighted by molar-refractivity contribution is 7.91. The van der Waals surface area contributed by atoms with Crippen molar-refractivity contribution in [2.24, 2.45) is 0 Å². The fraction of sp³-hybridized carbons (Fsp3) is 0.545. The summed E-state index contributed by atoms with van der Waals surface area (Å²) < 4.78 is 22.6. The molecule has 1 fully saturated rings. The van der Waals surface area contributed by atoms with E-state index in [1.807, 2.05) is 6.92 Å². The van der Waals surface area contributed by atoms with Gasteiger partial charge in [-0.1, -0.05) is 0 Å². The smallest absolute Gasteiger partial charge is 0.274 e. The lowest BCUT2D eigenvalue weighted by Crippen LogP contribution is -2.44. The second kappa shape index (κ2) is 5.52. The molecule has 104 valence electrons. The number of hydrogen-bond acceptors (Lipinski definition) is 6. The highest BCUT2D eigenvalue weighted by atomic mass is 32.2. The number of sulfone groups is 1. The number of nitrogens with zero attached hydrogens (tertiary/aromatic N) is 3. The Labute approximate surface area is 112 Å². The Morgan fingerprint density at radius 2 is 2.05 bits per heavy atom. The van der Waals surface area contributed by atoms with Gasteiger partial charge in [-0.3, -0.25) is 9.78 Å². The first kappa shape index (κ1) is 13.7. The Kier molecular flexibility index (Phi) is 3.98. The lowest BCUT2D eigenvalue weighted by Gasteiger charge is -2.26. The van der Waals surface area contributed by atoms with Crippen LogP contribution in [0.5, 0.6) is 0 Å². The lowest BCUT2D eigenvalue weighted by molar-refractivity contribution is 0.0764. The summed E-state index contributed by atoms with van der Waals surface area (Å²) in [6, 6.07) is 0. The zero-order valence-corrected chi connectivity index (χ0v) is 11.5. The summed E-state index contributed by atoms with van der Waals surface area (Å²) in [7, 11) is -2.99. The molecule has 1 aliphatic heterocycles. The third-order valence-electron chi connectivity index (χ3n) is 2.84. The monoisotopic (exact) mass is 284 g/mol. The van der Waals surface area contributed by atoms with Gasteiger partial charge in [-0.25, -0.2) is 13.4 Å². The first-order valence-electron chi connectivity index (χ1n) is 6.07. The third-order valence-corrected chi connectivity index (χ3v) is 4.45. The molecule has 0 aromatic carbocycles. The van der Waals surface area contributed by atoms with Crippen molar-refractivity contribution in [3.05, 3.63) is 18.1 Å². The minimum Gasteiger partial charge on any atom is -0.369 e. The minimum absolute atomic E-state index is 0.0130. The van der Waals surface area contributed by atoms with Gasteiger partial charge in [-0.2, -0.15) is 0 Å². The first-order chi connectivity index (χ1) is 9.02. The van der Waals surface area contributed by atoms with Gasteiger partial charge in [0.15, 0.2) is 9.84 Å².